The third kappa shape index (κ3) is 2.06. The van der Waals surface area contributed by atoms with Gasteiger partial charge in [0.2, 0.25) is 0 Å². The molecule has 1 aliphatic carbocycles. The number of nitriles is 1. The Morgan fingerprint density at radius 1 is 1.50 bits per heavy atom. The quantitative estimate of drug-likeness (QED) is 0.926. The minimum Gasteiger partial charge on any atom is -0.381 e. The number of benzene rings is 1. The fourth-order valence-corrected chi connectivity index (χ4v) is 2.31. The Kier molecular flexibility index (Phi) is 3.17. The van der Waals surface area contributed by atoms with Crippen molar-refractivity contribution in [1.29, 1.82) is 5.26 Å². The number of methoxy groups -OCH3 is 1. The van der Waals surface area contributed by atoms with Crippen LogP contribution in [0.3, 0.4) is 0 Å². The maximum Gasteiger partial charge on any atom is 0.130 e. The molecular formula is C12H13BrN2O. The largest absolute Gasteiger partial charge is 0.381 e. The standard InChI is InChI=1S/C12H13BrN2O/c1-16-9-6-12(7-9,8-14)15-11-5-3-2-4-10(11)13/h2-5,9,15H,6-7H2,1H3. The molecule has 0 spiro atoms. The first-order valence-corrected chi connectivity index (χ1v) is 5.95. The van der Waals surface area contributed by atoms with Crippen LogP contribution < -0.4 is 5.32 Å². The normalized spacial score (nSPS) is 27.9. The highest BCUT2D eigenvalue weighted by Gasteiger charge is 2.45. The molecule has 1 aliphatic rings. The average molecular weight is 281 g/mol. The molecule has 16 heavy (non-hydrogen) atoms. The van der Waals surface area contributed by atoms with Crippen LogP contribution >= 0.6 is 15.9 Å². The Morgan fingerprint density at radius 3 is 2.75 bits per heavy atom. The van der Waals surface area contributed by atoms with Crippen LogP contribution in [0.15, 0.2) is 28.7 Å². The van der Waals surface area contributed by atoms with Gasteiger partial charge in [0.25, 0.3) is 0 Å². The molecule has 1 aromatic carbocycles. The summed E-state index contributed by atoms with van der Waals surface area (Å²) in [5.41, 5.74) is 0.489. The second kappa shape index (κ2) is 4.44. The number of hydrogen-bond acceptors (Lipinski definition) is 3. The van der Waals surface area contributed by atoms with Crippen LogP contribution in [-0.2, 0) is 4.74 Å². The molecule has 2 rings (SSSR count). The number of nitrogens with zero attached hydrogens (tertiary/aromatic N) is 1. The molecule has 84 valence electrons. The van der Waals surface area contributed by atoms with Crippen molar-refractivity contribution in [3.05, 3.63) is 28.7 Å². The fourth-order valence-electron chi connectivity index (χ4n) is 1.93. The van der Waals surface area contributed by atoms with E-state index in [1.165, 1.54) is 0 Å². The van der Waals surface area contributed by atoms with Gasteiger partial charge in [-0.2, -0.15) is 5.26 Å². The van der Waals surface area contributed by atoms with E-state index in [4.69, 9.17) is 4.74 Å². The highest BCUT2D eigenvalue weighted by molar-refractivity contribution is 9.10. The van der Waals surface area contributed by atoms with Crippen molar-refractivity contribution < 1.29 is 4.74 Å². The zero-order valence-corrected chi connectivity index (χ0v) is 10.6. The van der Waals surface area contributed by atoms with Crippen LogP contribution in [0.25, 0.3) is 0 Å². The predicted octanol–water partition coefficient (Wildman–Crippen LogP) is 2.93. The van der Waals surface area contributed by atoms with Crippen LogP contribution in [0.2, 0.25) is 0 Å². The van der Waals surface area contributed by atoms with E-state index in [2.05, 4.69) is 27.3 Å². The van der Waals surface area contributed by atoms with E-state index in [-0.39, 0.29) is 6.10 Å². The minimum atomic E-state index is -0.468. The SMILES string of the molecule is COC1CC(C#N)(Nc2ccccc2Br)C1. The maximum absolute atomic E-state index is 9.22. The van der Waals surface area contributed by atoms with E-state index in [9.17, 15) is 5.26 Å². The molecule has 0 atom stereocenters. The minimum absolute atomic E-state index is 0.203. The predicted molar refractivity (Wildman–Crippen MR) is 66.1 cm³/mol. The van der Waals surface area contributed by atoms with Crippen molar-refractivity contribution >= 4 is 21.6 Å². The van der Waals surface area contributed by atoms with Crippen LogP contribution in [0.4, 0.5) is 5.69 Å². The van der Waals surface area contributed by atoms with Crippen molar-refractivity contribution in [3.8, 4) is 6.07 Å². The number of anilines is 1. The highest BCUT2D eigenvalue weighted by Crippen LogP contribution is 2.38. The summed E-state index contributed by atoms with van der Waals surface area (Å²) >= 11 is 3.46. The van der Waals surface area contributed by atoms with Gasteiger partial charge in [-0.1, -0.05) is 12.1 Å². The second-order valence-electron chi connectivity index (χ2n) is 4.06. The van der Waals surface area contributed by atoms with Crippen molar-refractivity contribution in [2.24, 2.45) is 0 Å². The summed E-state index contributed by atoms with van der Waals surface area (Å²) in [6.45, 7) is 0. The van der Waals surface area contributed by atoms with Gasteiger partial charge < -0.3 is 10.1 Å². The molecule has 1 aromatic rings. The molecule has 0 heterocycles. The lowest BCUT2D eigenvalue weighted by Gasteiger charge is -2.42. The molecule has 0 radical (unpaired) electrons. The van der Waals surface area contributed by atoms with Gasteiger partial charge >= 0.3 is 0 Å². The Bertz CT molecular complexity index is 421. The first-order chi connectivity index (χ1) is 7.69. The van der Waals surface area contributed by atoms with Gasteiger partial charge in [-0.15, -0.1) is 0 Å². The highest BCUT2D eigenvalue weighted by atomic mass is 79.9. The zero-order valence-electron chi connectivity index (χ0n) is 9.03. The first kappa shape index (κ1) is 11.4. The first-order valence-electron chi connectivity index (χ1n) is 5.16. The van der Waals surface area contributed by atoms with Gasteiger partial charge in [0.15, 0.2) is 0 Å². The molecule has 0 aliphatic heterocycles. The summed E-state index contributed by atoms with van der Waals surface area (Å²) in [5.74, 6) is 0. The van der Waals surface area contributed by atoms with E-state index >= 15 is 0 Å². The van der Waals surface area contributed by atoms with Gasteiger partial charge in [0.05, 0.1) is 12.2 Å². The average Bonchev–Trinajstić information content (AvgIpc) is 2.25. The lowest BCUT2D eigenvalue weighted by Crippen LogP contribution is -2.52. The number of hydrogen-bond donors (Lipinski definition) is 1. The molecule has 1 fully saturated rings. The van der Waals surface area contributed by atoms with E-state index in [1.807, 2.05) is 24.3 Å². The van der Waals surface area contributed by atoms with Crippen molar-refractivity contribution in [1.82, 2.24) is 0 Å². The van der Waals surface area contributed by atoms with E-state index in [0.29, 0.717) is 0 Å². The van der Waals surface area contributed by atoms with Crippen LogP contribution in [0, 0.1) is 11.3 Å². The number of halogens is 1. The topological polar surface area (TPSA) is 45.0 Å². The number of rotatable bonds is 3. The Labute approximate surface area is 104 Å². The van der Waals surface area contributed by atoms with Crippen LogP contribution in [-0.4, -0.2) is 18.8 Å². The Hall–Kier alpha value is -1.05. The summed E-state index contributed by atoms with van der Waals surface area (Å²) in [7, 11) is 1.68. The molecule has 0 saturated heterocycles. The second-order valence-corrected chi connectivity index (χ2v) is 4.92. The molecule has 0 aromatic heterocycles. The molecule has 0 amide bonds. The third-order valence-electron chi connectivity index (χ3n) is 2.95. The van der Waals surface area contributed by atoms with Crippen LogP contribution in [0.1, 0.15) is 12.8 Å². The molecule has 0 unspecified atom stereocenters. The van der Waals surface area contributed by atoms with Gasteiger partial charge in [0.1, 0.15) is 5.54 Å². The van der Waals surface area contributed by atoms with Gasteiger partial charge in [-0.05, 0) is 28.1 Å². The number of nitrogens with one attached hydrogen (secondary N) is 1. The number of para-hydroxylation sites is 1. The maximum atomic E-state index is 9.22. The Morgan fingerprint density at radius 2 is 2.19 bits per heavy atom. The number of ether oxygens (including phenoxy) is 1. The zero-order chi connectivity index (χ0) is 11.6. The van der Waals surface area contributed by atoms with E-state index in [0.717, 1.165) is 23.0 Å². The molecule has 0 bridgehead atoms. The Balaban J connectivity index is 2.10. The summed E-state index contributed by atoms with van der Waals surface area (Å²) in [6, 6.07) is 10.2. The summed E-state index contributed by atoms with van der Waals surface area (Å²) < 4.78 is 6.19. The van der Waals surface area contributed by atoms with Crippen molar-refractivity contribution in [2.75, 3.05) is 12.4 Å². The monoisotopic (exact) mass is 280 g/mol. The van der Waals surface area contributed by atoms with Gasteiger partial charge in [-0.3, -0.25) is 0 Å². The molecule has 1 N–H and O–H groups in total. The molecule has 4 heteroatoms. The lowest BCUT2D eigenvalue weighted by molar-refractivity contribution is 0.0129. The summed E-state index contributed by atoms with van der Waals surface area (Å²) in [6.07, 6.45) is 1.68. The summed E-state index contributed by atoms with van der Waals surface area (Å²) in [4.78, 5) is 0. The van der Waals surface area contributed by atoms with E-state index in [1.54, 1.807) is 7.11 Å². The molecule has 3 nitrogen and oxygen atoms in total. The van der Waals surface area contributed by atoms with Crippen molar-refractivity contribution in [3.63, 3.8) is 0 Å². The van der Waals surface area contributed by atoms with E-state index < -0.39 is 5.54 Å². The van der Waals surface area contributed by atoms with Crippen molar-refractivity contribution in [2.45, 2.75) is 24.5 Å². The van der Waals surface area contributed by atoms with Gasteiger partial charge in [-0.25, -0.2) is 0 Å². The lowest BCUT2D eigenvalue weighted by atomic mass is 9.75. The van der Waals surface area contributed by atoms with Gasteiger partial charge in [0, 0.05) is 30.1 Å². The molecule has 1 saturated carbocycles. The summed E-state index contributed by atoms with van der Waals surface area (Å²) in [5, 5.41) is 12.5. The third-order valence-corrected chi connectivity index (χ3v) is 3.64. The fraction of sp³-hybridized carbons (Fsp3) is 0.417. The molecular weight excluding hydrogens is 268 g/mol. The smallest absolute Gasteiger partial charge is 0.130 e. The van der Waals surface area contributed by atoms with Crippen LogP contribution in [0.5, 0.6) is 0 Å².